The summed E-state index contributed by atoms with van der Waals surface area (Å²) in [5, 5.41) is 4.08. The molecule has 1 aromatic carbocycles. The van der Waals surface area contributed by atoms with E-state index in [1.807, 2.05) is 6.92 Å². The van der Waals surface area contributed by atoms with E-state index in [9.17, 15) is 13.2 Å². The Kier molecular flexibility index (Phi) is 8.18. The molecule has 1 heterocycles. The van der Waals surface area contributed by atoms with Crippen LogP contribution in [0.2, 0.25) is 0 Å². The molecule has 0 aliphatic carbocycles. The van der Waals surface area contributed by atoms with E-state index in [2.05, 4.69) is 9.89 Å². The van der Waals surface area contributed by atoms with E-state index in [0.29, 0.717) is 25.5 Å². The molecular weight excluding hydrogens is 398 g/mol. The van der Waals surface area contributed by atoms with Crippen molar-refractivity contribution < 1.29 is 32.3 Å². The number of carbonyl (C=O) groups excluding carboxylic acids is 1. The lowest BCUT2D eigenvalue weighted by Gasteiger charge is -2.35. The number of oxime groups is 1. The lowest BCUT2D eigenvalue weighted by molar-refractivity contribution is -0.272. The summed E-state index contributed by atoms with van der Waals surface area (Å²) in [5.74, 6) is -1.60. The highest BCUT2D eigenvalue weighted by molar-refractivity contribution is 7.90. The average Bonchev–Trinajstić information content (AvgIpc) is 2.70. The first-order chi connectivity index (χ1) is 13.7. The van der Waals surface area contributed by atoms with Gasteiger partial charge in [0.05, 0.1) is 30.9 Å². The van der Waals surface area contributed by atoms with E-state index in [1.54, 1.807) is 31.2 Å². The molecule has 0 amide bonds. The Morgan fingerprint density at radius 2 is 1.83 bits per heavy atom. The van der Waals surface area contributed by atoms with Gasteiger partial charge in [-0.3, -0.25) is 0 Å². The van der Waals surface area contributed by atoms with Gasteiger partial charge >= 0.3 is 5.97 Å². The first-order valence-corrected chi connectivity index (χ1v) is 11.4. The lowest BCUT2D eigenvalue weighted by atomic mass is 10.0. The topological polar surface area (TPSA) is 100 Å². The molecule has 2 rings (SSSR count). The van der Waals surface area contributed by atoms with Gasteiger partial charge in [-0.25, -0.2) is 13.2 Å². The highest BCUT2D eigenvalue weighted by atomic mass is 32.2. The smallest absolute Gasteiger partial charge is 0.366 e. The second kappa shape index (κ2) is 10.2. The molecule has 1 aromatic rings. The molecule has 29 heavy (non-hydrogen) atoms. The van der Waals surface area contributed by atoms with Crippen LogP contribution in [0.3, 0.4) is 0 Å². The van der Waals surface area contributed by atoms with Gasteiger partial charge in [0.1, 0.15) is 6.61 Å². The molecule has 9 heteroatoms. The zero-order chi connectivity index (χ0) is 21.5. The molecule has 162 valence electrons. The van der Waals surface area contributed by atoms with Gasteiger partial charge in [0.25, 0.3) is 5.79 Å². The number of sulfone groups is 1. The number of ether oxygens (including phenoxy) is 3. The predicted molar refractivity (Wildman–Crippen MR) is 107 cm³/mol. The van der Waals surface area contributed by atoms with Gasteiger partial charge in [-0.2, -0.15) is 0 Å². The first kappa shape index (κ1) is 23.3. The van der Waals surface area contributed by atoms with Gasteiger partial charge < -0.3 is 19.0 Å². The minimum atomic E-state index is -3.21. The molecular formula is C20H29NO7S. The van der Waals surface area contributed by atoms with Crippen LogP contribution in [0, 0.1) is 5.92 Å². The Morgan fingerprint density at radius 1 is 1.21 bits per heavy atom. The van der Waals surface area contributed by atoms with Crippen LogP contribution in [0.5, 0.6) is 0 Å². The van der Waals surface area contributed by atoms with E-state index in [0.717, 1.165) is 24.8 Å². The van der Waals surface area contributed by atoms with Crippen molar-refractivity contribution in [3.05, 3.63) is 29.8 Å². The monoisotopic (exact) mass is 427 g/mol. The summed E-state index contributed by atoms with van der Waals surface area (Å²) in [6.07, 6.45) is 3.82. The van der Waals surface area contributed by atoms with Crippen LogP contribution in [-0.2, 0) is 33.7 Å². The quantitative estimate of drug-likeness (QED) is 0.258. The molecule has 0 N–H and O–H groups in total. The fraction of sp³-hybridized carbons (Fsp3) is 0.600. The molecule has 0 aromatic heterocycles. The van der Waals surface area contributed by atoms with Crippen LogP contribution < -0.4 is 0 Å². The number of esters is 1. The zero-order valence-electron chi connectivity index (χ0n) is 17.3. The molecule has 0 radical (unpaired) electrons. The van der Waals surface area contributed by atoms with Gasteiger partial charge in [0.2, 0.25) is 0 Å². The van der Waals surface area contributed by atoms with Crippen molar-refractivity contribution in [1.29, 1.82) is 0 Å². The van der Waals surface area contributed by atoms with Crippen LogP contribution in [-0.4, -0.2) is 59.1 Å². The lowest BCUT2D eigenvalue weighted by Crippen LogP contribution is -2.48. The molecule has 0 spiro atoms. The molecule has 1 aliphatic rings. The van der Waals surface area contributed by atoms with Gasteiger partial charge in [-0.15, -0.1) is 0 Å². The van der Waals surface area contributed by atoms with Crippen LogP contribution in [0.4, 0.5) is 0 Å². The van der Waals surface area contributed by atoms with E-state index < -0.39 is 21.6 Å². The van der Waals surface area contributed by atoms with Crippen LogP contribution in [0.15, 0.2) is 34.3 Å². The molecule has 0 atom stereocenters. The van der Waals surface area contributed by atoms with Crippen LogP contribution in [0.1, 0.15) is 38.7 Å². The van der Waals surface area contributed by atoms with Gasteiger partial charge in [0.15, 0.2) is 9.84 Å². The van der Waals surface area contributed by atoms with E-state index in [1.165, 1.54) is 13.4 Å². The summed E-state index contributed by atoms with van der Waals surface area (Å²) in [4.78, 5) is 17.3. The Hall–Kier alpha value is -1.97. The minimum Gasteiger partial charge on any atom is -0.465 e. The maximum atomic E-state index is 11.6. The number of hydrogen-bond acceptors (Lipinski definition) is 8. The third-order valence-corrected chi connectivity index (χ3v) is 5.87. The van der Waals surface area contributed by atoms with Crippen molar-refractivity contribution in [3.8, 4) is 0 Å². The number of rotatable bonds is 9. The van der Waals surface area contributed by atoms with E-state index in [-0.39, 0.29) is 10.8 Å². The number of unbranched alkanes of at least 4 members (excludes halogenated alkanes) is 1. The maximum absolute atomic E-state index is 11.6. The molecule has 0 unspecified atom stereocenters. The first-order valence-electron chi connectivity index (χ1n) is 9.49. The number of hydrogen-bond donors (Lipinski definition) is 0. The number of methoxy groups -OCH3 is 1. The van der Waals surface area contributed by atoms with Crippen molar-refractivity contribution in [2.45, 2.75) is 43.8 Å². The van der Waals surface area contributed by atoms with Gasteiger partial charge in [0, 0.05) is 19.1 Å². The van der Waals surface area contributed by atoms with Crippen LogP contribution in [0.25, 0.3) is 0 Å². The fourth-order valence-corrected chi connectivity index (χ4v) is 3.48. The normalized spacial score (nSPS) is 22.9. The Morgan fingerprint density at radius 3 is 2.38 bits per heavy atom. The SMILES string of the molecule is COC(=O)C1(C)OCC(CCCCO/N=C(/C)c2ccc(S(C)(=O)=O)cc2)CO1. The van der Waals surface area contributed by atoms with E-state index in [4.69, 9.17) is 14.3 Å². The third kappa shape index (κ3) is 6.80. The fourth-order valence-electron chi connectivity index (χ4n) is 2.85. The second-order valence-electron chi connectivity index (χ2n) is 7.23. The number of carbonyl (C=O) groups is 1. The van der Waals surface area contributed by atoms with Crippen molar-refractivity contribution >= 4 is 21.5 Å². The van der Waals surface area contributed by atoms with Crippen molar-refractivity contribution in [2.75, 3.05) is 33.2 Å². The zero-order valence-corrected chi connectivity index (χ0v) is 18.2. The summed E-state index contributed by atoms with van der Waals surface area (Å²) >= 11 is 0. The highest BCUT2D eigenvalue weighted by Crippen LogP contribution is 2.25. The van der Waals surface area contributed by atoms with Gasteiger partial charge in [-0.1, -0.05) is 17.3 Å². The largest absolute Gasteiger partial charge is 0.465 e. The molecule has 1 fully saturated rings. The summed E-state index contributed by atoms with van der Waals surface area (Å²) in [7, 11) is -1.90. The van der Waals surface area contributed by atoms with E-state index >= 15 is 0 Å². The molecule has 0 saturated carbocycles. The molecule has 0 bridgehead atoms. The maximum Gasteiger partial charge on any atom is 0.366 e. The second-order valence-corrected chi connectivity index (χ2v) is 9.24. The highest BCUT2D eigenvalue weighted by Gasteiger charge is 2.41. The summed E-state index contributed by atoms with van der Waals surface area (Å²) in [6, 6.07) is 6.54. The molecule has 1 aliphatic heterocycles. The van der Waals surface area contributed by atoms with Crippen molar-refractivity contribution in [3.63, 3.8) is 0 Å². The number of nitrogens with zero attached hydrogens (tertiary/aromatic N) is 1. The molecule has 1 saturated heterocycles. The Labute approximate surface area is 172 Å². The summed E-state index contributed by atoms with van der Waals surface area (Å²) in [6.45, 7) is 4.76. The summed E-state index contributed by atoms with van der Waals surface area (Å²) < 4.78 is 38.7. The Balaban J connectivity index is 1.66. The van der Waals surface area contributed by atoms with Crippen molar-refractivity contribution in [2.24, 2.45) is 11.1 Å². The van der Waals surface area contributed by atoms with Gasteiger partial charge in [-0.05, 0) is 43.9 Å². The number of benzene rings is 1. The standard InChI is InChI=1S/C20H29NO7S/c1-15(17-8-10-18(11-9-17)29(4,23)24)21-28-12-6-5-7-16-13-26-20(2,27-14-16)19(22)25-3/h8-11,16H,5-7,12-14H2,1-4H3/b21-15-. The minimum absolute atomic E-state index is 0.228. The van der Waals surface area contributed by atoms with Crippen molar-refractivity contribution in [1.82, 2.24) is 0 Å². The molecule has 8 nitrogen and oxygen atoms in total. The van der Waals surface area contributed by atoms with Crippen LogP contribution >= 0.6 is 0 Å². The average molecular weight is 428 g/mol. The third-order valence-electron chi connectivity index (χ3n) is 4.74. The summed E-state index contributed by atoms with van der Waals surface area (Å²) in [5.41, 5.74) is 1.49. The Bertz CT molecular complexity index is 810. The predicted octanol–water partition coefficient (Wildman–Crippen LogP) is 2.55.